The molecule has 1 aromatic carbocycles. The minimum atomic E-state index is -0.533. The van der Waals surface area contributed by atoms with Crippen LogP contribution in [0, 0.1) is 0 Å². The first kappa shape index (κ1) is 17.0. The van der Waals surface area contributed by atoms with Gasteiger partial charge in [0.1, 0.15) is 5.75 Å². The Morgan fingerprint density at radius 3 is 2.67 bits per heavy atom. The van der Waals surface area contributed by atoms with Gasteiger partial charge in [0, 0.05) is 31.8 Å². The highest BCUT2D eigenvalue weighted by atomic mass is 16.7. The maximum Gasteiger partial charge on any atom is 0.174 e. The fraction of sp³-hybridized carbons (Fsp3) is 0.526. The number of aryl methyl sites for hydroxylation is 1. The highest BCUT2D eigenvalue weighted by Gasteiger charge is 2.36. The first-order chi connectivity index (χ1) is 11.8. The molecule has 1 aromatic heterocycles. The Morgan fingerprint density at radius 2 is 2.00 bits per heavy atom. The lowest BCUT2D eigenvalue weighted by molar-refractivity contribution is -0.162. The number of hydrogen-bond acceptors (Lipinski definition) is 4. The zero-order valence-electron chi connectivity index (χ0n) is 14.3. The molecule has 0 aliphatic carbocycles. The summed E-state index contributed by atoms with van der Waals surface area (Å²) in [5.74, 6) is 0.391. The van der Waals surface area contributed by atoms with Gasteiger partial charge in [-0.1, -0.05) is 25.5 Å². The van der Waals surface area contributed by atoms with E-state index in [0.717, 1.165) is 44.6 Å². The van der Waals surface area contributed by atoms with Crippen LogP contribution in [0.5, 0.6) is 5.75 Å². The van der Waals surface area contributed by atoms with Gasteiger partial charge in [-0.15, -0.1) is 0 Å². The Kier molecular flexibility index (Phi) is 5.88. The molecule has 5 heteroatoms. The lowest BCUT2D eigenvalue weighted by Crippen LogP contribution is -2.34. The highest BCUT2D eigenvalue weighted by Crippen LogP contribution is 2.29. The van der Waals surface area contributed by atoms with E-state index in [0.29, 0.717) is 13.2 Å². The van der Waals surface area contributed by atoms with E-state index in [1.807, 2.05) is 24.7 Å². The molecular weight excluding hydrogens is 304 g/mol. The average Bonchev–Trinajstić information content (AvgIpc) is 3.27. The van der Waals surface area contributed by atoms with Crippen LogP contribution in [0.2, 0.25) is 0 Å². The second kappa shape index (κ2) is 8.31. The van der Waals surface area contributed by atoms with E-state index in [1.54, 1.807) is 6.20 Å². The molecule has 2 aromatic rings. The quantitative estimate of drug-likeness (QED) is 0.661. The van der Waals surface area contributed by atoms with Gasteiger partial charge >= 0.3 is 0 Å². The molecule has 1 aliphatic heterocycles. The number of benzene rings is 1. The monoisotopic (exact) mass is 330 g/mol. The summed E-state index contributed by atoms with van der Waals surface area (Å²) in [5, 5.41) is 0. The molecule has 2 heterocycles. The highest BCUT2D eigenvalue weighted by molar-refractivity contribution is 5.28. The van der Waals surface area contributed by atoms with Gasteiger partial charge in [0.2, 0.25) is 0 Å². The normalized spacial score (nSPS) is 16.4. The molecule has 24 heavy (non-hydrogen) atoms. The molecular formula is C19H26N2O3. The van der Waals surface area contributed by atoms with Crippen molar-refractivity contribution < 1.29 is 14.2 Å². The number of imidazole rings is 1. The fourth-order valence-corrected chi connectivity index (χ4v) is 2.90. The van der Waals surface area contributed by atoms with Crippen molar-refractivity contribution >= 4 is 0 Å². The number of rotatable bonds is 9. The molecule has 1 saturated heterocycles. The van der Waals surface area contributed by atoms with Crippen molar-refractivity contribution in [2.45, 2.75) is 44.9 Å². The molecule has 0 unspecified atom stereocenters. The van der Waals surface area contributed by atoms with E-state index in [-0.39, 0.29) is 0 Å². The van der Waals surface area contributed by atoms with Crippen molar-refractivity contribution in [2.75, 3.05) is 19.8 Å². The summed E-state index contributed by atoms with van der Waals surface area (Å²) in [6, 6.07) is 8.27. The molecule has 0 bridgehead atoms. The van der Waals surface area contributed by atoms with Crippen LogP contribution in [-0.2, 0) is 22.4 Å². The second-order valence-corrected chi connectivity index (χ2v) is 6.18. The molecule has 0 radical (unpaired) electrons. The van der Waals surface area contributed by atoms with Gasteiger partial charge in [-0.05, 0) is 24.1 Å². The molecule has 0 N–H and O–H groups in total. The second-order valence-electron chi connectivity index (χ2n) is 6.18. The number of hydrogen-bond donors (Lipinski definition) is 0. The van der Waals surface area contributed by atoms with Crippen LogP contribution in [-0.4, -0.2) is 35.2 Å². The topological polar surface area (TPSA) is 45.5 Å². The van der Waals surface area contributed by atoms with Crippen molar-refractivity contribution in [1.82, 2.24) is 9.55 Å². The van der Waals surface area contributed by atoms with Gasteiger partial charge in [-0.2, -0.15) is 0 Å². The first-order valence-corrected chi connectivity index (χ1v) is 8.75. The van der Waals surface area contributed by atoms with Crippen molar-refractivity contribution in [3.05, 3.63) is 48.5 Å². The Labute approximate surface area is 143 Å². The number of nitrogens with zero attached hydrogens (tertiary/aromatic N) is 2. The van der Waals surface area contributed by atoms with E-state index in [4.69, 9.17) is 14.2 Å². The predicted molar refractivity (Wildman–Crippen MR) is 92.0 cm³/mol. The Hall–Kier alpha value is -1.85. The summed E-state index contributed by atoms with van der Waals surface area (Å²) >= 11 is 0. The molecule has 130 valence electrons. The minimum absolute atomic E-state index is 0.533. The SMILES string of the molecule is CCCCOc1ccc(CC2(CCn3ccnc3)OCCO2)cc1. The lowest BCUT2D eigenvalue weighted by Gasteiger charge is -2.27. The number of aromatic nitrogens is 2. The van der Waals surface area contributed by atoms with E-state index < -0.39 is 5.79 Å². The van der Waals surface area contributed by atoms with Crippen LogP contribution < -0.4 is 4.74 Å². The molecule has 0 amide bonds. The van der Waals surface area contributed by atoms with Crippen molar-refractivity contribution in [2.24, 2.45) is 0 Å². The van der Waals surface area contributed by atoms with Crippen molar-refractivity contribution in [3.8, 4) is 5.75 Å². The zero-order chi connectivity index (χ0) is 16.7. The molecule has 3 rings (SSSR count). The maximum absolute atomic E-state index is 5.97. The summed E-state index contributed by atoms with van der Waals surface area (Å²) in [5.41, 5.74) is 1.20. The van der Waals surface area contributed by atoms with Gasteiger partial charge in [-0.25, -0.2) is 4.98 Å². The third-order valence-electron chi connectivity index (χ3n) is 4.29. The van der Waals surface area contributed by atoms with E-state index in [1.165, 1.54) is 5.56 Å². The predicted octanol–water partition coefficient (Wildman–Crippen LogP) is 3.44. The molecule has 5 nitrogen and oxygen atoms in total. The van der Waals surface area contributed by atoms with E-state index >= 15 is 0 Å². The maximum atomic E-state index is 5.97. The van der Waals surface area contributed by atoms with Crippen molar-refractivity contribution in [1.29, 1.82) is 0 Å². The van der Waals surface area contributed by atoms with Gasteiger partial charge in [0.15, 0.2) is 5.79 Å². The number of ether oxygens (including phenoxy) is 3. The zero-order valence-corrected chi connectivity index (χ0v) is 14.3. The van der Waals surface area contributed by atoms with Crippen LogP contribution in [0.4, 0.5) is 0 Å². The molecule has 1 aliphatic rings. The van der Waals surface area contributed by atoms with Crippen molar-refractivity contribution in [3.63, 3.8) is 0 Å². The lowest BCUT2D eigenvalue weighted by atomic mass is 10.0. The van der Waals surface area contributed by atoms with Gasteiger partial charge < -0.3 is 18.8 Å². The van der Waals surface area contributed by atoms with Gasteiger partial charge in [0.25, 0.3) is 0 Å². The molecule has 0 saturated carbocycles. The smallest absolute Gasteiger partial charge is 0.174 e. The Morgan fingerprint density at radius 1 is 1.21 bits per heavy atom. The van der Waals surface area contributed by atoms with E-state index in [9.17, 15) is 0 Å². The third kappa shape index (κ3) is 4.58. The van der Waals surface area contributed by atoms with Crippen LogP contribution in [0.15, 0.2) is 43.0 Å². The van der Waals surface area contributed by atoms with Gasteiger partial charge in [0.05, 0.1) is 26.1 Å². The Balaban J connectivity index is 1.58. The minimum Gasteiger partial charge on any atom is -0.494 e. The largest absolute Gasteiger partial charge is 0.494 e. The van der Waals surface area contributed by atoms with Crippen LogP contribution >= 0.6 is 0 Å². The van der Waals surface area contributed by atoms with Crippen LogP contribution in [0.1, 0.15) is 31.7 Å². The Bertz CT molecular complexity index is 590. The third-order valence-corrected chi connectivity index (χ3v) is 4.29. The summed E-state index contributed by atoms with van der Waals surface area (Å²) in [4.78, 5) is 4.08. The number of unbranched alkanes of at least 4 members (excludes halogenated alkanes) is 1. The molecule has 1 fully saturated rings. The molecule has 0 spiro atoms. The summed E-state index contributed by atoms with van der Waals surface area (Å²) < 4.78 is 19.7. The molecule has 0 atom stereocenters. The average molecular weight is 330 g/mol. The summed E-state index contributed by atoms with van der Waals surface area (Å²) in [6.07, 6.45) is 9.36. The first-order valence-electron chi connectivity index (χ1n) is 8.75. The summed E-state index contributed by atoms with van der Waals surface area (Å²) in [7, 11) is 0. The van der Waals surface area contributed by atoms with E-state index in [2.05, 4.69) is 28.6 Å². The van der Waals surface area contributed by atoms with Gasteiger partial charge in [-0.3, -0.25) is 0 Å². The standard InChI is InChI=1S/C19H26N2O3/c1-2-3-12-22-18-6-4-17(5-7-18)15-19(23-13-14-24-19)8-10-21-11-9-20-16-21/h4-7,9,11,16H,2-3,8,10,12-15H2,1H3. The van der Waals surface area contributed by atoms with Crippen LogP contribution in [0.25, 0.3) is 0 Å². The fourth-order valence-electron chi connectivity index (χ4n) is 2.90. The summed E-state index contributed by atoms with van der Waals surface area (Å²) in [6.45, 7) is 5.08. The van der Waals surface area contributed by atoms with Crippen LogP contribution in [0.3, 0.4) is 0 Å².